The van der Waals surface area contributed by atoms with Gasteiger partial charge in [-0.25, -0.2) is 13.4 Å². The molecule has 2 saturated heterocycles. The van der Waals surface area contributed by atoms with Gasteiger partial charge >= 0.3 is 0 Å². The van der Waals surface area contributed by atoms with Gasteiger partial charge in [0, 0.05) is 37.5 Å². The molecule has 7 nitrogen and oxygen atoms in total. The van der Waals surface area contributed by atoms with Gasteiger partial charge < -0.3 is 14.4 Å². The maximum absolute atomic E-state index is 12.2. The second-order valence-electron chi connectivity index (χ2n) is 6.38. The Morgan fingerprint density at radius 3 is 3.04 bits per heavy atom. The third kappa shape index (κ3) is 3.64. The van der Waals surface area contributed by atoms with Gasteiger partial charge in [0.2, 0.25) is 11.8 Å². The second-order valence-corrected chi connectivity index (χ2v) is 8.52. The van der Waals surface area contributed by atoms with Gasteiger partial charge in [-0.1, -0.05) is 6.07 Å². The monoisotopic (exact) mass is 340 g/mol. The summed E-state index contributed by atoms with van der Waals surface area (Å²) in [4.78, 5) is 17.9. The summed E-state index contributed by atoms with van der Waals surface area (Å²) in [6.45, 7) is 2.44. The van der Waals surface area contributed by atoms with Gasteiger partial charge in [-0.3, -0.25) is 4.79 Å². The standard InChI is InChI=1S/C15H20N2O5S/c1-23(19,20)8-14(18)17-6-12-7-21-10-15(12,9-17)11-22-13-4-2-3-5-16-13/h2-5,12H,6-11H2,1H3/t12-,15+/m1/s1. The number of likely N-dealkylation sites (tertiary alicyclic amines) is 1. The van der Waals surface area contributed by atoms with E-state index in [0.29, 0.717) is 38.8 Å². The number of amides is 1. The van der Waals surface area contributed by atoms with Crippen LogP contribution in [0.1, 0.15) is 0 Å². The van der Waals surface area contributed by atoms with Crippen molar-refractivity contribution in [2.24, 2.45) is 11.3 Å². The van der Waals surface area contributed by atoms with Crippen molar-refractivity contribution >= 4 is 15.7 Å². The van der Waals surface area contributed by atoms with Crippen LogP contribution < -0.4 is 4.74 Å². The number of pyridine rings is 1. The van der Waals surface area contributed by atoms with E-state index in [1.165, 1.54) is 0 Å². The molecule has 8 heteroatoms. The summed E-state index contributed by atoms with van der Waals surface area (Å²) in [5, 5.41) is 0. The van der Waals surface area contributed by atoms with Crippen LogP contribution in [-0.2, 0) is 19.4 Å². The highest BCUT2D eigenvalue weighted by atomic mass is 32.2. The molecule has 3 heterocycles. The van der Waals surface area contributed by atoms with Gasteiger partial charge in [0.15, 0.2) is 9.84 Å². The number of hydrogen-bond donors (Lipinski definition) is 0. The van der Waals surface area contributed by atoms with Crippen molar-refractivity contribution in [3.8, 4) is 5.88 Å². The highest BCUT2D eigenvalue weighted by Gasteiger charge is 2.52. The minimum Gasteiger partial charge on any atom is -0.477 e. The average molecular weight is 340 g/mol. The van der Waals surface area contributed by atoms with E-state index in [9.17, 15) is 13.2 Å². The molecule has 1 aromatic heterocycles. The predicted octanol–water partition coefficient (Wildman–Crippen LogP) is -0.0200. The van der Waals surface area contributed by atoms with Crippen molar-refractivity contribution in [3.63, 3.8) is 0 Å². The summed E-state index contributed by atoms with van der Waals surface area (Å²) in [5.41, 5.74) is -0.287. The van der Waals surface area contributed by atoms with Crippen LogP contribution >= 0.6 is 0 Å². The third-order valence-electron chi connectivity index (χ3n) is 4.40. The number of ether oxygens (including phenoxy) is 2. The van der Waals surface area contributed by atoms with Gasteiger partial charge in [-0.15, -0.1) is 0 Å². The molecule has 0 bridgehead atoms. The molecule has 0 aromatic carbocycles. The van der Waals surface area contributed by atoms with Crippen LogP contribution in [0.15, 0.2) is 24.4 Å². The van der Waals surface area contributed by atoms with E-state index in [4.69, 9.17) is 9.47 Å². The number of aromatic nitrogens is 1. The molecule has 0 unspecified atom stereocenters. The van der Waals surface area contributed by atoms with Gasteiger partial charge in [0.1, 0.15) is 5.75 Å². The van der Waals surface area contributed by atoms with Crippen LogP contribution in [0.25, 0.3) is 0 Å². The number of rotatable bonds is 5. The van der Waals surface area contributed by atoms with Crippen molar-refractivity contribution in [2.45, 2.75) is 0 Å². The quantitative estimate of drug-likeness (QED) is 0.749. The molecule has 0 aliphatic carbocycles. The van der Waals surface area contributed by atoms with E-state index >= 15 is 0 Å². The molecular weight excluding hydrogens is 320 g/mol. The normalized spacial score (nSPS) is 27.0. The summed E-state index contributed by atoms with van der Waals surface area (Å²) in [7, 11) is -3.32. The lowest BCUT2D eigenvalue weighted by Crippen LogP contribution is -2.39. The van der Waals surface area contributed by atoms with E-state index in [0.717, 1.165) is 6.26 Å². The maximum Gasteiger partial charge on any atom is 0.237 e. The van der Waals surface area contributed by atoms with Crippen molar-refractivity contribution in [3.05, 3.63) is 24.4 Å². The number of fused-ring (bicyclic) bond motifs is 1. The van der Waals surface area contributed by atoms with E-state index in [-0.39, 0.29) is 17.2 Å². The summed E-state index contributed by atoms with van der Waals surface area (Å²) < 4.78 is 34.0. The maximum atomic E-state index is 12.2. The molecule has 23 heavy (non-hydrogen) atoms. The number of nitrogens with zero attached hydrogens (tertiary/aromatic N) is 2. The zero-order chi connectivity index (χ0) is 16.5. The Morgan fingerprint density at radius 1 is 1.52 bits per heavy atom. The van der Waals surface area contributed by atoms with Gasteiger partial charge in [0.25, 0.3) is 0 Å². The first-order valence-corrected chi connectivity index (χ1v) is 9.51. The fraction of sp³-hybridized carbons (Fsp3) is 0.600. The van der Waals surface area contributed by atoms with Crippen LogP contribution in [-0.4, -0.2) is 69.1 Å². The van der Waals surface area contributed by atoms with Crippen molar-refractivity contribution in [1.82, 2.24) is 9.88 Å². The lowest BCUT2D eigenvalue weighted by molar-refractivity contribution is -0.128. The zero-order valence-electron chi connectivity index (χ0n) is 13.0. The molecule has 2 aliphatic heterocycles. The van der Waals surface area contributed by atoms with Crippen LogP contribution in [0.5, 0.6) is 5.88 Å². The van der Waals surface area contributed by atoms with Gasteiger partial charge in [-0.2, -0.15) is 0 Å². The Morgan fingerprint density at radius 2 is 2.35 bits per heavy atom. The Bertz CT molecular complexity index is 678. The average Bonchev–Trinajstić information content (AvgIpc) is 3.01. The summed E-state index contributed by atoms with van der Waals surface area (Å²) in [6, 6.07) is 5.44. The summed E-state index contributed by atoms with van der Waals surface area (Å²) >= 11 is 0. The SMILES string of the molecule is CS(=O)(=O)CC(=O)N1C[C@@H]2COC[C@]2(COc2ccccn2)C1. The lowest BCUT2D eigenvalue weighted by atomic mass is 9.82. The molecule has 2 fully saturated rings. The first-order valence-electron chi connectivity index (χ1n) is 7.45. The Balaban J connectivity index is 1.67. The molecule has 0 saturated carbocycles. The van der Waals surface area contributed by atoms with E-state index in [1.807, 2.05) is 12.1 Å². The second kappa shape index (κ2) is 6.09. The molecule has 0 radical (unpaired) electrons. The molecule has 0 spiro atoms. The largest absolute Gasteiger partial charge is 0.477 e. The highest BCUT2D eigenvalue weighted by molar-refractivity contribution is 7.91. The summed E-state index contributed by atoms with van der Waals surface area (Å²) in [5.74, 6) is -0.0973. The van der Waals surface area contributed by atoms with E-state index < -0.39 is 15.6 Å². The minimum absolute atomic E-state index is 0.162. The zero-order valence-corrected chi connectivity index (χ0v) is 13.8. The van der Waals surface area contributed by atoms with E-state index in [1.54, 1.807) is 17.2 Å². The Kier molecular flexibility index (Phi) is 4.29. The van der Waals surface area contributed by atoms with Crippen molar-refractivity contribution < 1.29 is 22.7 Å². The minimum atomic E-state index is -3.32. The van der Waals surface area contributed by atoms with Crippen molar-refractivity contribution in [1.29, 1.82) is 0 Å². The fourth-order valence-corrected chi connectivity index (χ4v) is 3.82. The molecule has 2 aliphatic rings. The fourth-order valence-electron chi connectivity index (χ4n) is 3.19. The third-order valence-corrected chi connectivity index (χ3v) is 5.18. The Hall–Kier alpha value is -1.67. The first kappa shape index (κ1) is 16.2. The van der Waals surface area contributed by atoms with Crippen LogP contribution in [0.2, 0.25) is 0 Å². The molecular formula is C15H20N2O5S. The van der Waals surface area contributed by atoms with E-state index in [2.05, 4.69) is 4.98 Å². The first-order chi connectivity index (χ1) is 10.9. The Labute approximate surface area is 135 Å². The predicted molar refractivity (Wildman–Crippen MR) is 82.8 cm³/mol. The van der Waals surface area contributed by atoms with Crippen molar-refractivity contribution in [2.75, 3.05) is 44.9 Å². The van der Waals surface area contributed by atoms with Gasteiger partial charge in [0.05, 0.1) is 25.2 Å². The van der Waals surface area contributed by atoms with Gasteiger partial charge in [-0.05, 0) is 6.07 Å². The molecule has 2 atom stereocenters. The number of hydrogen-bond acceptors (Lipinski definition) is 6. The number of carbonyl (C=O) groups excluding carboxylic acids is 1. The van der Waals surface area contributed by atoms with Crippen LogP contribution in [0.3, 0.4) is 0 Å². The highest BCUT2D eigenvalue weighted by Crippen LogP contribution is 2.41. The topological polar surface area (TPSA) is 85.8 Å². The smallest absolute Gasteiger partial charge is 0.237 e. The molecule has 126 valence electrons. The van der Waals surface area contributed by atoms with Crippen LogP contribution in [0.4, 0.5) is 0 Å². The molecule has 3 rings (SSSR count). The summed E-state index contributed by atoms with van der Waals surface area (Å²) in [6.07, 6.45) is 2.73. The molecule has 0 N–H and O–H groups in total. The molecule has 1 amide bonds. The number of carbonyl (C=O) groups is 1. The molecule has 1 aromatic rings. The van der Waals surface area contributed by atoms with Crippen LogP contribution in [0, 0.1) is 11.3 Å². The number of sulfone groups is 1. The lowest BCUT2D eigenvalue weighted by Gasteiger charge is -2.26.